The van der Waals surface area contributed by atoms with Gasteiger partial charge in [0.15, 0.2) is 0 Å². The molecule has 2 heterocycles. The Hall–Kier alpha value is -1.98. The Kier molecular flexibility index (Phi) is 3.86. The van der Waals surface area contributed by atoms with Crippen molar-refractivity contribution < 1.29 is 9.53 Å². The second-order valence-electron chi connectivity index (χ2n) is 5.95. The van der Waals surface area contributed by atoms with E-state index in [1.165, 1.54) is 12.8 Å². The van der Waals surface area contributed by atoms with Crippen LogP contribution in [0.25, 0.3) is 0 Å². The smallest absolute Gasteiger partial charge is 0.239 e. The number of rotatable bonds is 5. The van der Waals surface area contributed by atoms with Crippen LogP contribution in [0, 0.1) is 5.92 Å². The van der Waals surface area contributed by atoms with E-state index in [4.69, 9.17) is 10.5 Å². The van der Waals surface area contributed by atoms with Crippen LogP contribution < -0.4 is 20.7 Å². The number of pyridine rings is 1. The van der Waals surface area contributed by atoms with E-state index < -0.39 is 0 Å². The molecule has 114 valence electrons. The maximum absolute atomic E-state index is 11.1. The molecule has 0 aromatic carbocycles. The molecule has 1 aromatic heterocycles. The molecule has 3 rings (SSSR count). The lowest BCUT2D eigenvalue weighted by atomic mass is 10.2. The zero-order valence-corrected chi connectivity index (χ0v) is 12.3. The van der Waals surface area contributed by atoms with Crippen LogP contribution in [0.4, 0.5) is 11.5 Å². The first-order valence-corrected chi connectivity index (χ1v) is 7.53. The van der Waals surface area contributed by atoms with Gasteiger partial charge in [-0.3, -0.25) is 4.79 Å². The number of ether oxygens (including phenoxy) is 1. The van der Waals surface area contributed by atoms with Gasteiger partial charge in [0.1, 0.15) is 5.82 Å². The van der Waals surface area contributed by atoms with Gasteiger partial charge in [-0.2, -0.15) is 4.98 Å². The molecule has 1 amide bonds. The molecule has 3 N–H and O–H groups in total. The predicted molar refractivity (Wildman–Crippen MR) is 81.3 cm³/mol. The third kappa shape index (κ3) is 3.56. The third-order valence-corrected chi connectivity index (χ3v) is 3.95. The first kappa shape index (κ1) is 14.0. The number of hydrogen-bond acceptors (Lipinski definition) is 5. The van der Waals surface area contributed by atoms with E-state index in [1.54, 1.807) is 6.92 Å². The molecule has 1 saturated heterocycles. The molecule has 1 aromatic rings. The minimum atomic E-state index is 0.0144. The highest BCUT2D eigenvalue weighted by atomic mass is 16.5. The second-order valence-corrected chi connectivity index (χ2v) is 5.95. The zero-order valence-electron chi connectivity index (χ0n) is 12.3. The van der Waals surface area contributed by atoms with Crippen LogP contribution in [-0.4, -0.2) is 36.6 Å². The molecular formula is C15H22N4O2. The molecule has 1 unspecified atom stereocenters. The first-order valence-electron chi connectivity index (χ1n) is 7.53. The van der Waals surface area contributed by atoms with Crippen molar-refractivity contribution in [3.8, 4) is 5.88 Å². The van der Waals surface area contributed by atoms with Crippen LogP contribution in [0.1, 0.15) is 26.2 Å². The van der Waals surface area contributed by atoms with Crippen molar-refractivity contribution in [2.45, 2.75) is 32.2 Å². The summed E-state index contributed by atoms with van der Waals surface area (Å²) in [5, 5.41) is 2.95. The minimum absolute atomic E-state index is 0.0144. The number of nitrogens with two attached hydrogens (primary N) is 1. The Morgan fingerprint density at radius 3 is 3.00 bits per heavy atom. The van der Waals surface area contributed by atoms with Gasteiger partial charge in [-0.1, -0.05) is 0 Å². The van der Waals surface area contributed by atoms with Crippen LogP contribution in [0.3, 0.4) is 0 Å². The SMILES string of the molecule is CC(=O)NC1CCN(c2ccc(N)c(OCC3CC3)n2)C1. The normalized spacial score (nSPS) is 21.4. The van der Waals surface area contributed by atoms with E-state index in [0.29, 0.717) is 24.1 Å². The number of anilines is 2. The molecule has 1 aliphatic carbocycles. The topological polar surface area (TPSA) is 80.5 Å². The van der Waals surface area contributed by atoms with E-state index in [-0.39, 0.29) is 11.9 Å². The molecule has 6 nitrogen and oxygen atoms in total. The largest absolute Gasteiger partial charge is 0.476 e. The Morgan fingerprint density at radius 2 is 2.29 bits per heavy atom. The molecule has 1 aliphatic heterocycles. The summed E-state index contributed by atoms with van der Waals surface area (Å²) in [5.41, 5.74) is 6.51. The molecule has 2 fully saturated rings. The number of nitrogens with one attached hydrogen (secondary N) is 1. The van der Waals surface area contributed by atoms with Crippen molar-refractivity contribution in [1.29, 1.82) is 0 Å². The average Bonchev–Trinajstić information content (AvgIpc) is 3.16. The first-order chi connectivity index (χ1) is 10.1. The third-order valence-electron chi connectivity index (χ3n) is 3.95. The number of carbonyl (C=O) groups excluding carboxylic acids is 1. The number of nitrogen functional groups attached to an aromatic ring is 1. The quantitative estimate of drug-likeness (QED) is 0.851. The summed E-state index contributed by atoms with van der Waals surface area (Å²) in [6.07, 6.45) is 3.41. The average molecular weight is 290 g/mol. The highest BCUT2D eigenvalue weighted by Crippen LogP contribution is 2.31. The van der Waals surface area contributed by atoms with E-state index in [9.17, 15) is 4.79 Å². The fourth-order valence-corrected chi connectivity index (χ4v) is 2.59. The molecule has 2 aliphatic rings. The zero-order chi connectivity index (χ0) is 14.8. The van der Waals surface area contributed by atoms with Crippen LogP contribution in [0.5, 0.6) is 5.88 Å². The Bertz CT molecular complexity index is 530. The molecule has 6 heteroatoms. The van der Waals surface area contributed by atoms with Gasteiger partial charge in [0.25, 0.3) is 0 Å². The predicted octanol–water partition coefficient (Wildman–Crippen LogP) is 1.17. The molecule has 1 atom stereocenters. The summed E-state index contributed by atoms with van der Waals surface area (Å²) in [7, 11) is 0. The summed E-state index contributed by atoms with van der Waals surface area (Å²) in [6, 6.07) is 3.95. The van der Waals surface area contributed by atoms with Gasteiger partial charge < -0.3 is 20.7 Å². The van der Waals surface area contributed by atoms with Crippen molar-refractivity contribution in [2.75, 3.05) is 30.3 Å². The van der Waals surface area contributed by atoms with Gasteiger partial charge in [0.2, 0.25) is 11.8 Å². The van der Waals surface area contributed by atoms with Gasteiger partial charge in [-0.05, 0) is 37.3 Å². The highest BCUT2D eigenvalue weighted by Gasteiger charge is 2.25. The second kappa shape index (κ2) is 5.79. The molecule has 0 bridgehead atoms. The summed E-state index contributed by atoms with van der Waals surface area (Å²) in [6.45, 7) is 3.91. The summed E-state index contributed by atoms with van der Waals surface area (Å²) >= 11 is 0. The number of carbonyl (C=O) groups is 1. The maximum Gasteiger partial charge on any atom is 0.239 e. The van der Waals surface area contributed by atoms with Crippen LogP contribution >= 0.6 is 0 Å². The molecule has 0 radical (unpaired) electrons. The molecular weight excluding hydrogens is 268 g/mol. The highest BCUT2D eigenvalue weighted by molar-refractivity contribution is 5.73. The van der Waals surface area contributed by atoms with Gasteiger partial charge in [-0.25, -0.2) is 0 Å². The van der Waals surface area contributed by atoms with Crippen molar-refractivity contribution in [3.05, 3.63) is 12.1 Å². The van der Waals surface area contributed by atoms with Gasteiger partial charge in [0.05, 0.1) is 12.3 Å². The Balaban J connectivity index is 1.64. The fourth-order valence-electron chi connectivity index (χ4n) is 2.59. The monoisotopic (exact) mass is 290 g/mol. The number of hydrogen-bond donors (Lipinski definition) is 2. The molecule has 0 spiro atoms. The van der Waals surface area contributed by atoms with Crippen molar-refractivity contribution in [2.24, 2.45) is 5.92 Å². The van der Waals surface area contributed by atoms with Crippen LogP contribution in [0.2, 0.25) is 0 Å². The maximum atomic E-state index is 11.1. The van der Waals surface area contributed by atoms with Crippen molar-refractivity contribution in [1.82, 2.24) is 10.3 Å². The number of nitrogens with zero attached hydrogens (tertiary/aromatic N) is 2. The molecule has 1 saturated carbocycles. The van der Waals surface area contributed by atoms with E-state index in [0.717, 1.165) is 25.3 Å². The standard InChI is InChI=1S/C15H22N4O2/c1-10(20)17-12-6-7-19(8-12)14-5-4-13(16)15(18-14)21-9-11-2-3-11/h4-5,11-12H,2-3,6-9,16H2,1H3,(H,17,20). The summed E-state index contributed by atoms with van der Waals surface area (Å²) in [4.78, 5) is 17.8. The van der Waals surface area contributed by atoms with E-state index >= 15 is 0 Å². The lowest BCUT2D eigenvalue weighted by molar-refractivity contribution is -0.119. The van der Waals surface area contributed by atoms with Gasteiger partial charge >= 0.3 is 0 Å². The Morgan fingerprint density at radius 1 is 1.48 bits per heavy atom. The lowest BCUT2D eigenvalue weighted by Gasteiger charge is -2.19. The Labute approximate surface area is 124 Å². The van der Waals surface area contributed by atoms with Gasteiger partial charge in [0, 0.05) is 26.1 Å². The van der Waals surface area contributed by atoms with E-state index in [2.05, 4.69) is 15.2 Å². The van der Waals surface area contributed by atoms with Crippen molar-refractivity contribution >= 4 is 17.4 Å². The van der Waals surface area contributed by atoms with Gasteiger partial charge in [-0.15, -0.1) is 0 Å². The summed E-state index contributed by atoms with van der Waals surface area (Å²) < 4.78 is 5.72. The summed E-state index contributed by atoms with van der Waals surface area (Å²) in [5.74, 6) is 2.08. The number of amides is 1. The van der Waals surface area contributed by atoms with Crippen molar-refractivity contribution in [3.63, 3.8) is 0 Å². The van der Waals surface area contributed by atoms with Crippen LogP contribution in [-0.2, 0) is 4.79 Å². The minimum Gasteiger partial charge on any atom is -0.476 e. The fraction of sp³-hybridized carbons (Fsp3) is 0.600. The molecule has 21 heavy (non-hydrogen) atoms. The lowest BCUT2D eigenvalue weighted by Crippen LogP contribution is -2.35. The van der Waals surface area contributed by atoms with Crippen LogP contribution in [0.15, 0.2) is 12.1 Å². The number of aromatic nitrogens is 1. The van der Waals surface area contributed by atoms with E-state index in [1.807, 2.05) is 12.1 Å².